The number of aliphatic hydroxyl groups is 1. The Labute approximate surface area is 135 Å². The van der Waals surface area contributed by atoms with Crippen LogP contribution in [0, 0.1) is 13.8 Å². The average molecular weight is 315 g/mol. The Morgan fingerprint density at radius 2 is 1.73 bits per heavy atom. The van der Waals surface area contributed by atoms with Crippen LogP contribution in [0.1, 0.15) is 22.3 Å². The largest absolute Gasteiger partial charge is 0.392 e. The van der Waals surface area contributed by atoms with Crippen LogP contribution in [0.4, 0.5) is 5.69 Å². The van der Waals surface area contributed by atoms with Gasteiger partial charge in [0.2, 0.25) is 5.91 Å². The van der Waals surface area contributed by atoms with Crippen LogP contribution in [0.2, 0.25) is 0 Å². The number of rotatable bonds is 6. The predicted molar refractivity (Wildman–Crippen MR) is 93.1 cm³/mol. The molecular formula is C18H21NO2S. The molecule has 0 saturated carbocycles. The first kappa shape index (κ1) is 16.6. The SMILES string of the molecule is Cc1ccc(NC(=O)CSCc2ccc(CO)cc2)cc1C. The molecule has 3 nitrogen and oxygen atoms in total. The number of hydrogen-bond acceptors (Lipinski definition) is 3. The zero-order valence-corrected chi connectivity index (χ0v) is 13.7. The summed E-state index contributed by atoms with van der Waals surface area (Å²) in [5.74, 6) is 1.22. The van der Waals surface area contributed by atoms with E-state index in [1.165, 1.54) is 11.1 Å². The van der Waals surface area contributed by atoms with Crippen LogP contribution < -0.4 is 5.32 Å². The van der Waals surface area contributed by atoms with Crippen molar-refractivity contribution in [2.24, 2.45) is 0 Å². The number of carbonyl (C=O) groups is 1. The molecule has 116 valence electrons. The predicted octanol–water partition coefficient (Wildman–Crippen LogP) is 3.67. The molecule has 0 unspecified atom stereocenters. The number of anilines is 1. The summed E-state index contributed by atoms with van der Waals surface area (Å²) in [7, 11) is 0. The van der Waals surface area contributed by atoms with Gasteiger partial charge < -0.3 is 10.4 Å². The van der Waals surface area contributed by atoms with E-state index in [0.717, 1.165) is 22.6 Å². The molecule has 22 heavy (non-hydrogen) atoms. The molecule has 2 N–H and O–H groups in total. The number of nitrogens with one attached hydrogen (secondary N) is 1. The van der Waals surface area contributed by atoms with E-state index >= 15 is 0 Å². The van der Waals surface area contributed by atoms with Gasteiger partial charge >= 0.3 is 0 Å². The highest BCUT2D eigenvalue weighted by atomic mass is 32.2. The zero-order chi connectivity index (χ0) is 15.9. The lowest BCUT2D eigenvalue weighted by atomic mass is 10.1. The topological polar surface area (TPSA) is 49.3 Å². The van der Waals surface area contributed by atoms with Gasteiger partial charge in [-0.3, -0.25) is 4.79 Å². The third-order valence-electron chi connectivity index (χ3n) is 3.50. The van der Waals surface area contributed by atoms with E-state index in [1.54, 1.807) is 11.8 Å². The van der Waals surface area contributed by atoms with Gasteiger partial charge in [0.05, 0.1) is 12.4 Å². The minimum absolute atomic E-state index is 0.0141. The molecule has 0 atom stereocenters. The summed E-state index contributed by atoms with van der Waals surface area (Å²) >= 11 is 1.58. The first-order valence-corrected chi connectivity index (χ1v) is 8.37. The highest BCUT2D eigenvalue weighted by Crippen LogP contribution is 2.16. The molecule has 4 heteroatoms. The molecule has 0 aliphatic heterocycles. The molecule has 0 saturated heterocycles. The van der Waals surface area contributed by atoms with E-state index in [2.05, 4.69) is 12.2 Å². The number of carbonyl (C=O) groups excluding carboxylic acids is 1. The van der Waals surface area contributed by atoms with E-state index in [-0.39, 0.29) is 12.5 Å². The Balaban J connectivity index is 1.78. The molecule has 2 aromatic carbocycles. The van der Waals surface area contributed by atoms with Crippen LogP contribution in [0.5, 0.6) is 0 Å². The Bertz CT molecular complexity index is 638. The van der Waals surface area contributed by atoms with Crippen LogP contribution in [0.3, 0.4) is 0 Å². The Hall–Kier alpha value is -1.78. The molecular weight excluding hydrogens is 294 g/mol. The van der Waals surface area contributed by atoms with E-state index < -0.39 is 0 Å². The highest BCUT2D eigenvalue weighted by Gasteiger charge is 2.04. The normalized spacial score (nSPS) is 10.5. The van der Waals surface area contributed by atoms with Gasteiger partial charge in [-0.05, 0) is 48.2 Å². The van der Waals surface area contributed by atoms with Gasteiger partial charge in [-0.2, -0.15) is 0 Å². The van der Waals surface area contributed by atoms with Gasteiger partial charge in [-0.25, -0.2) is 0 Å². The molecule has 0 bridgehead atoms. The van der Waals surface area contributed by atoms with Crippen molar-refractivity contribution < 1.29 is 9.90 Å². The van der Waals surface area contributed by atoms with Crippen molar-refractivity contribution in [3.8, 4) is 0 Å². The molecule has 0 fully saturated rings. The van der Waals surface area contributed by atoms with Gasteiger partial charge in [0.25, 0.3) is 0 Å². The molecule has 1 amide bonds. The fraction of sp³-hybridized carbons (Fsp3) is 0.278. The summed E-state index contributed by atoms with van der Waals surface area (Å²) in [5.41, 5.74) is 5.30. The van der Waals surface area contributed by atoms with Crippen molar-refractivity contribution in [2.75, 3.05) is 11.1 Å². The summed E-state index contributed by atoms with van der Waals surface area (Å²) in [4.78, 5) is 11.9. The molecule has 2 rings (SSSR count). The molecule has 0 aliphatic rings. The Kier molecular flexibility index (Phi) is 6.04. The fourth-order valence-corrected chi connectivity index (χ4v) is 2.81. The van der Waals surface area contributed by atoms with Crippen LogP contribution >= 0.6 is 11.8 Å². The maximum absolute atomic E-state index is 11.9. The maximum atomic E-state index is 11.9. The van der Waals surface area contributed by atoms with E-state index in [1.807, 2.05) is 49.4 Å². The van der Waals surface area contributed by atoms with Gasteiger partial charge in [0.15, 0.2) is 0 Å². The number of hydrogen-bond donors (Lipinski definition) is 2. The van der Waals surface area contributed by atoms with Crippen molar-refractivity contribution in [3.05, 3.63) is 64.7 Å². The standard InChI is InChI=1S/C18H21NO2S/c1-13-3-8-17(9-14(13)2)19-18(21)12-22-11-16-6-4-15(10-20)5-7-16/h3-9,20H,10-12H2,1-2H3,(H,19,21). The fourth-order valence-electron chi connectivity index (χ4n) is 2.02. The van der Waals surface area contributed by atoms with Gasteiger partial charge in [0, 0.05) is 11.4 Å². The lowest BCUT2D eigenvalue weighted by Gasteiger charge is -2.08. The number of amides is 1. The number of thioether (sulfide) groups is 1. The maximum Gasteiger partial charge on any atom is 0.234 e. The minimum Gasteiger partial charge on any atom is -0.392 e. The third-order valence-corrected chi connectivity index (χ3v) is 4.50. The van der Waals surface area contributed by atoms with Crippen molar-refractivity contribution in [2.45, 2.75) is 26.2 Å². The van der Waals surface area contributed by atoms with Crippen molar-refractivity contribution in [1.29, 1.82) is 0 Å². The number of benzene rings is 2. The average Bonchev–Trinajstić information content (AvgIpc) is 2.51. The van der Waals surface area contributed by atoms with Gasteiger partial charge in [-0.1, -0.05) is 30.3 Å². The third kappa shape index (κ3) is 4.90. The van der Waals surface area contributed by atoms with Crippen LogP contribution in [0.15, 0.2) is 42.5 Å². The molecule has 2 aromatic rings. The Morgan fingerprint density at radius 3 is 2.36 bits per heavy atom. The summed E-state index contributed by atoms with van der Waals surface area (Å²) < 4.78 is 0. The second kappa shape index (κ2) is 8.01. The summed E-state index contributed by atoms with van der Waals surface area (Å²) in [5, 5.41) is 11.9. The Morgan fingerprint density at radius 1 is 1.05 bits per heavy atom. The highest BCUT2D eigenvalue weighted by molar-refractivity contribution is 7.99. The van der Waals surface area contributed by atoms with Gasteiger partial charge in [0.1, 0.15) is 0 Å². The zero-order valence-electron chi connectivity index (χ0n) is 12.9. The van der Waals surface area contributed by atoms with E-state index in [9.17, 15) is 4.79 Å². The smallest absolute Gasteiger partial charge is 0.234 e. The first-order chi connectivity index (χ1) is 10.6. The van der Waals surface area contributed by atoms with Gasteiger partial charge in [-0.15, -0.1) is 11.8 Å². The molecule has 0 heterocycles. The lowest BCUT2D eigenvalue weighted by molar-refractivity contribution is -0.113. The minimum atomic E-state index is 0.0141. The molecule has 0 radical (unpaired) electrons. The second-order valence-corrected chi connectivity index (χ2v) is 6.30. The summed E-state index contributed by atoms with van der Waals surface area (Å²) in [6.45, 7) is 4.15. The quantitative estimate of drug-likeness (QED) is 0.855. The van der Waals surface area contributed by atoms with Crippen LogP contribution in [-0.2, 0) is 17.2 Å². The van der Waals surface area contributed by atoms with Crippen molar-refractivity contribution in [3.63, 3.8) is 0 Å². The molecule has 0 aromatic heterocycles. The summed E-state index contributed by atoms with van der Waals surface area (Å²) in [6, 6.07) is 13.7. The van der Waals surface area contributed by atoms with E-state index in [4.69, 9.17) is 5.11 Å². The first-order valence-electron chi connectivity index (χ1n) is 7.22. The van der Waals surface area contributed by atoms with Crippen LogP contribution in [-0.4, -0.2) is 16.8 Å². The molecule has 0 spiro atoms. The van der Waals surface area contributed by atoms with Crippen molar-refractivity contribution in [1.82, 2.24) is 0 Å². The second-order valence-electron chi connectivity index (χ2n) is 5.31. The van der Waals surface area contributed by atoms with Crippen molar-refractivity contribution >= 4 is 23.4 Å². The van der Waals surface area contributed by atoms with E-state index in [0.29, 0.717) is 5.75 Å². The number of aliphatic hydroxyl groups excluding tert-OH is 1. The lowest BCUT2D eigenvalue weighted by Crippen LogP contribution is -2.14. The monoisotopic (exact) mass is 315 g/mol. The summed E-state index contributed by atoms with van der Waals surface area (Å²) in [6.07, 6.45) is 0. The van der Waals surface area contributed by atoms with Crippen LogP contribution in [0.25, 0.3) is 0 Å². The number of aryl methyl sites for hydroxylation is 2. The molecule has 0 aliphatic carbocycles.